The molecular formula is C49H76O8. The lowest BCUT2D eigenvalue weighted by Crippen LogP contribution is -2.28. The first-order valence-corrected chi connectivity index (χ1v) is 21.9. The lowest BCUT2D eigenvalue weighted by atomic mass is 9.85. The molecule has 0 heterocycles. The van der Waals surface area contributed by atoms with Crippen LogP contribution in [0.3, 0.4) is 0 Å². The molecule has 0 aromatic heterocycles. The third-order valence-electron chi connectivity index (χ3n) is 9.92. The maximum Gasteiger partial charge on any atom is 0.305 e. The number of carbonyl (C=O) groups excluding carboxylic acids is 4. The maximum absolute atomic E-state index is 12.3. The largest absolute Gasteiger partial charge is 0.466 e. The molecule has 1 aliphatic carbocycles. The van der Waals surface area contributed by atoms with E-state index in [0.717, 1.165) is 70.6 Å². The Morgan fingerprint density at radius 2 is 1.11 bits per heavy atom. The van der Waals surface area contributed by atoms with Gasteiger partial charge in [-0.2, -0.15) is 0 Å². The second kappa shape index (κ2) is 35.2. The maximum atomic E-state index is 12.3. The Labute approximate surface area is 346 Å². The molecule has 0 radical (unpaired) electrons. The normalized spacial score (nSPS) is 19.3. The second-order valence-corrected chi connectivity index (χ2v) is 14.9. The minimum atomic E-state index is -0.378. The van der Waals surface area contributed by atoms with Crippen molar-refractivity contribution in [3.05, 3.63) is 85.1 Å². The fraction of sp³-hybridized carbons (Fsp3) is 0.633. The SMILES string of the molecule is C/C=C\C/C=C\C/C=C\C/C=C\C/C=C\C/C=C\CCCOC(=O)CCC/C=C\C[C@@H]1[C@@H](CC[C@H](CCCCCCC)OC(C)=O)[C@H](OC(C)=O)C[C@@H]1OC(C)=O. The topological polar surface area (TPSA) is 105 Å². The molecule has 320 valence electrons. The van der Waals surface area contributed by atoms with Gasteiger partial charge in [0.25, 0.3) is 0 Å². The van der Waals surface area contributed by atoms with Crippen LogP contribution < -0.4 is 0 Å². The zero-order chi connectivity index (χ0) is 41.8. The van der Waals surface area contributed by atoms with Crippen LogP contribution in [0.25, 0.3) is 0 Å². The average Bonchev–Trinajstić information content (AvgIpc) is 3.47. The van der Waals surface area contributed by atoms with Crippen LogP contribution >= 0.6 is 0 Å². The van der Waals surface area contributed by atoms with Crippen molar-refractivity contribution in [2.45, 2.75) is 181 Å². The number of rotatable bonds is 32. The Bertz CT molecular complexity index is 1300. The second-order valence-electron chi connectivity index (χ2n) is 14.9. The monoisotopic (exact) mass is 793 g/mol. The van der Waals surface area contributed by atoms with Gasteiger partial charge >= 0.3 is 23.9 Å². The molecule has 8 heteroatoms. The molecule has 1 rings (SSSR count). The van der Waals surface area contributed by atoms with Crippen LogP contribution in [0.2, 0.25) is 0 Å². The van der Waals surface area contributed by atoms with Crippen molar-refractivity contribution in [1.29, 1.82) is 0 Å². The van der Waals surface area contributed by atoms with E-state index in [1.807, 2.05) is 6.92 Å². The van der Waals surface area contributed by atoms with E-state index in [-0.39, 0.29) is 54.0 Å². The van der Waals surface area contributed by atoms with Gasteiger partial charge in [0.2, 0.25) is 0 Å². The number of ether oxygens (including phenoxy) is 4. The number of allylic oxidation sites excluding steroid dienone is 14. The minimum absolute atomic E-state index is 0.0425. The Hall–Kier alpha value is -3.94. The van der Waals surface area contributed by atoms with Crippen LogP contribution in [0.4, 0.5) is 0 Å². The van der Waals surface area contributed by atoms with Gasteiger partial charge in [-0.1, -0.05) is 118 Å². The Balaban J connectivity index is 2.42. The van der Waals surface area contributed by atoms with E-state index >= 15 is 0 Å². The van der Waals surface area contributed by atoms with Gasteiger partial charge in [0.1, 0.15) is 18.3 Å². The first-order valence-electron chi connectivity index (χ1n) is 21.9. The number of unbranched alkanes of at least 4 members (excludes halogenated alkanes) is 6. The number of hydrogen-bond acceptors (Lipinski definition) is 8. The van der Waals surface area contributed by atoms with Gasteiger partial charge in [0, 0.05) is 45.4 Å². The average molecular weight is 793 g/mol. The van der Waals surface area contributed by atoms with E-state index in [4.69, 9.17) is 18.9 Å². The molecule has 0 aliphatic heterocycles. The van der Waals surface area contributed by atoms with Gasteiger partial charge in [0.05, 0.1) is 6.61 Å². The molecule has 8 nitrogen and oxygen atoms in total. The van der Waals surface area contributed by atoms with Crippen molar-refractivity contribution >= 4 is 23.9 Å². The molecule has 1 saturated carbocycles. The van der Waals surface area contributed by atoms with E-state index < -0.39 is 0 Å². The first-order chi connectivity index (χ1) is 27.7. The van der Waals surface area contributed by atoms with Gasteiger partial charge in [0.15, 0.2) is 0 Å². The van der Waals surface area contributed by atoms with Crippen LogP contribution in [0.15, 0.2) is 85.1 Å². The molecule has 0 saturated heterocycles. The standard InChI is InChI=1S/C49H76O8/c1-6-8-10-12-13-14-15-16-17-18-19-20-21-22-23-24-25-29-33-39-54-49(53)36-32-28-27-31-35-45-46(48(57-43(5)52)40-47(45)56-42(4)51)38-37-44(55-41(3)50)34-30-26-11-9-7-2/h6,8,12-13,15-16,18-19,21-22,24-25,27,31,44-48H,7,9-11,14,17,20,23,26,28-30,32-40H2,1-5H3/b8-6-,13-12-,16-15-,19-18-,22-21-,25-24-,31-27-/t44-,45+,46+,47-,48+/m0/s1. The molecule has 0 N–H and O–H groups in total. The third kappa shape index (κ3) is 29.0. The third-order valence-corrected chi connectivity index (χ3v) is 9.92. The highest BCUT2D eigenvalue weighted by molar-refractivity contribution is 5.69. The summed E-state index contributed by atoms with van der Waals surface area (Å²) in [5, 5.41) is 0. The molecular weight excluding hydrogens is 717 g/mol. The van der Waals surface area contributed by atoms with Crippen molar-refractivity contribution < 1.29 is 38.1 Å². The highest BCUT2D eigenvalue weighted by Gasteiger charge is 2.46. The van der Waals surface area contributed by atoms with Crippen molar-refractivity contribution in [3.63, 3.8) is 0 Å². The predicted molar refractivity (Wildman–Crippen MR) is 232 cm³/mol. The van der Waals surface area contributed by atoms with Crippen LogP contribution in [0.5, 0.6) is 0 Å². The Morgan fingerprint density at radius 3 is 1.67 bits per heavy atom. The number of carbonyl (C=O) groups is 4. The minimum Gasteiger partial charge on any atom is -0.466 e. The lowest BCUT2D eigenvalue weighted by Gasteiger charge is -2.27. The van der Waals surface area contributed by atoms with Crippen molar-refractivity contribution in [3.8, 4) is 0 Å². The fourth-order valence-electron chi connectivity index (χ4n) is 7.11. The number of esters is 4. The summed E-state index contributed by atoms with van der Waals surface area (Å²) in [6, 6.07) is 0. The van der Waals surface area contributed by atoms with Crippen molar-refractivity contribution in [1.82, 2.24) is 0 Å². The zero-order valence-corrected chi connectivity index (χ0v) is 36.1. The van der Waals surface area contributed by atoms with E-state index in [1.54, 1.807) is 0 Å². The van der Waals surface area contributed by atoms with E-state index in [0.29, 0.717) is 45.1 Å². The summed E-state index contributed by atoms with van der Waals surface area (Å²) in [5.41, 5.74) is 0. The Kier molecular flexibility index (Phi) is 31.6. The summed E-state index contributed by atoms with van der Waals surface area (Å²) in [5.74, 6) is -1.28. The van der Waals surface area contributed by atoms with Crippen molar-refractivity contribution in [2.24, 2.45) is 11.8 Å². The molecule has 1 fully saturated rings. The molecule has 5 atom stereocenters. The first kappa shape index (κ1) is 51.1. The smallest absolute Gasteiger partial charge is 0.305 e. The van der Waals surface area contributed by atoms with Gasteiger partial charge < -0.3 is 18.9 Å². The Morgan fingerprint density at radius 1 is 0.579 bits per heavy atom. The molecule has 57 heavy (non-hydrogen) atoms. The van der Waals surface area contributed by atoms with Gasteiger partial charge in [-0.05, 0) is 96.8 Å². The summed E-state index contributed by atoms with van der Waals surface area (Å²) in [6.45, 7) is 8.89. The molecule has 1 aliphatic rings. The molecule has 0 aromatic rings. The molecule has 0 unspecified atom stereocenters. The van der Waals surface area contributed by atoms with Crippen LogP contribution in [-0.2, 0) is 38.1 Å². The van der Waals surface area contributed by atoms with Crippen LogP contribution in [0, 0.1) is 11.8 Å². The molecule has 0 aromatic carbocycles. The highest BCUT2D eigenvalue weighted by Crippen LogP contribution is 2.42. The molecule has 0 amide bonds. The summed E-state index contributed by atoms with van der Waals surface area (Å²) in [7, 11) is 0. The summed E-state index contributed by atoms with van der Waals surface area (Å²) in [4.78, 5) is 48.3. The van der Waals surface area contributed by atoms with Crippen LogP contribution in [0.1, 0.15) is 163 Å². The zero-order valence-electron chi connectivity index (χ0n) is 36.1. The summed E-state index contributed by atoms with van der Waals surface area (Å²) in [6.07, 6.45) is 46.3. The molecule has 0 bridgehead atoms. The molecule has 0 spiro atoms. The van der Waals surface area contributed by atoms with Gasteiger partial charge in [-0.25, -0.2) is 0 Å². The van der Waals surface area contributed by atoms with E-state index in [9.17, 15) is 19.2 Å². The summed E-state index contributed by atoms with van der Waals surface area (Å²) >= 11 is 0. The summed E-state index contributed by atoms with van der Waals surface area (Å²) < 4.78 is 22.6. The van der Waals surface area contributed by atoms with E-state index in [1.165, 1.54) is 40.0 Å². The highest BCUT2D eigenvalue weighted by atomic mass is 16.6. The van der Waals surface area contributed by atoms with Gasteiger partial charge in [-0.3, -0.25) is 19.2 Å². The van der Waals surface area contributed by atoms with Crippen molar-refractivity contribution in [2.75, 3.05) is 6.61 Å². The fourth-order valence-corrected chi connectivity index (χ4v) is 7.11. The van der Waals surface area contributed by atoms with Crippen LogP contribution in [-0.4, -0.2) is 48.8 Å². The lowest BCUT2D eigenvalue weighted by molar-refractivity contribution is -0.149. The predicted octanol–water partition coefficient (Wildman–Crippen LogP) is 12.3. The quantitative estimate of drug-likeness (QED) is 0.0287. The number of hydrogen-bond donors (Lipinski definition) is 0. The van der Waals surface area contributed by atoms with Gasteiger partial charge in [-0.15, -0.1) is 0 Å². The van der Waals surface area contributed by atoms with E-state index in [2.05, 4.69) is 92.0 Å².